The van der Waals surface area contributed by atoms with Crippen molar-refractivity contribution < 1.29 is 4.58 Å². The SMILES string of the molecule is CCCC[N+]1=CC(C)CC(C)C1. The monoisotopic (exact) mass is 168 g/mol. The van der Waals surface area contributed by atoms with Crippen LogP contribution >= 0.6 is 0 Å². The first kappa shape index (κ1) is 9.76. The van der Waals surface area contributed by atoms with Crippen molar-refractivity contribution in [1.29, 1.82) is 0 Å². The fourth-order valence-electron chi connectivity index (χ4n) is 2.12. The Labute approximate surface area is 76.5 Å². The molecule has 0 bridgehead atoms. The second-order valence-corrected chi connectivity index (χ2v) is 4.32. The molecule has 2 atom stereocenters. The summed E-state index contributed by atoms with van der Waals surface area (Å²) in [7, 11) is 0. The van der Waals surface area contributed by atoms with Crippen LogP contribution in [0.2, 0.25) is 0 Å². The van der Waals surface area contributed by atoms with Gasteiger partial charge in [-0.1, -0.05) is 27.2 Å². The van der Waals surface area contributed by atoms with Crippen molar-refractivity contribution in [2.75, 3.05) is 13.1 Å². The van der Waals surface area contributed by atoms with Crippen molar-refractivity contribution in [3.63, 3.8) is 0 Å². The van der Waals surface area contributed by atoms with Crippen LogP contribution in [0, 0.1) is 11.8 Å². The molecule has 0 radical (unpaired) electrons. The van der Waals surface area contributed by atoms with E-state index in [-0.39, 0.29) is 0 Å². The maximum absolute atomic E-state index is 2.52. The van der Waals surface area contributed by atoms with E-state index in [1.165, 1.54) is 32.4 Å². The van der Waals surface area contributed by atoms with Crippen LogP contribution in [-0.4, -0.2) is 23.9 Å². The number of hydrogen-bond acceptors (Lipinski definition) is 0. The summed E-state index contributed by atoms with van der Waals surface area (Å²) >= 11 is 0. The zero-order valence-electron chi connectivity index (χ0n) is 8.71. The zero-order chi connectivity index (χ0) is 8.97. The van der Waals surface area contributed by atoms with Gasteiger partial charge in [0.1, 0.15) is 19.3 Å². The zero-order valence-corrected chi connectivity index (χ0v) is 8.71. The highest BCUT2D eigenvalue weighted by Gasteiger charge is 2.20. The summed E-state index contributed by atoms with van der Waals surface area (Å²) < 4.78 is 2.52. The van der Waals surface area contributed by atoms with Crippen LogP contribution < -0.4 is 0 Å². The first-order valence-corrected chi connectivity index (χ1v) is 5.31. The van der Waals surface area contributed by atoms with E-state index < -0.39 is 0 Å². The number of unbranched alkanes of at least 4 members (excludes halogenated alkanes) is 1. The van der Waals surface area contributed by atoms with E-state index in [4.69, 9.17) is 0 Å². The maximum Gasteiger partial charge on any atom is 0.145 e. The molecule has 0 spiro atoms. The minimum Gasteiger partial charge on any atom is -0.239 e. The number of rotatable bonds is 3. The molecule has 0 aromatic heterocycles. The Hall–Kier alpha value is -0.330. The van der Waals surface area contributed by atoms with Gasteiger partial charge in [0.15, 0.2) is 0 Å². The second kappa shape index (κ2) is 4.64. The average molecular weight is 168 g/mol. The predicted octanol–water partition coefficient (Wildman–Crippen LogP) is 2.55. The molecule has 1 rings (SSSR count). The van der Waals surface area contributed by atoms with Gasteiger partial charge in [0.2, 0.25) is 0 Å². The second-order valence-electron chi connectivity index (χ2n) is 4.32. The van der Waals surface area contributed by atoms with Gasteiger partial charge in [0.25, 0.3) is 0 Å². The van der Waals surface area contributed by atoms with Gasteiger partial charge in [-0.05, 0) is 6.42 Å². The molecular formula is C11H22N+. The quantitative estimate of drug-likeness (QED) is 0.570. The highest BCUT2D eigenvalue weighted by molar-refractivity contribution is 5.55. The van der Waals surface area contributed by atoms with Gasteiger partial charge in [-0.15, -0.1) is 0 Å². The minimum atomic E-state index is 0.797. The first-order valence-electron chi connectivity index (χ1n) is 5.31. The van der Waals surface area contributed by atoms with Crippen LogP contribution in [0.4, 0.5) is 0 Å². The third-order valence-corrected chi connectivity index (χ3v) is 2.58. The average Bonchev–Trinajstić information content (AvgIpc) is 1.99. The van der Waals surface area contributed by atoms with Crippen molar-refractivity contribution in [3.8, 4) is 0 Å². The molecule has 1 aliphatic heterocycles. The lowest BCUT2D eigenvalue weighted by atomic mass is 9.95. The smallest absolute Gasteiger partial charge is 0.145 e. The Morgan fingerprint density at radius 2 is 2.17 bits per heavy atom. The molecule has 0 aromatic carbocycles. The van der Waals surface area contributed by atoms with E-state index in [9.17, 15) is 0 Å². The van der Waals surface area contributed by atoms with E-state index in [1.807, 2.05) is 0 Å². The van der Waals surface area contributed by atoms with Crippen LogP contribution in [0.15, 0.2) is 0 Å². The fourth-order valence-corrected chi connectivity index (χ4v) is 2.12. The van der Waals surface area contributed by atoms with Crippen LogP contribution in [-0.2, 0) is 0 Å². The van der Waals surface area contributed by atoms with Gasteiger partial charge in [-0.3, -0.25) is 0 Å². The van der Waals surface area contributed by atoms with Crippen molar-refractivity contribution in [2.45, 2.75) is 40.0 Å². The van der Waals surface area contributed by atoms with Gasteiger partial charge < -0.3 is 0 Å². The Bertz CT molecular complexity index is 160. The molecule has 0 N–H and O–H groups in total. The summed E-state index contributed by atoms with van der Waals surface area (Å²) in [5, 5.41) is 0. The molecule has 0 aliphatic carbocycles. The van der Waals surface area contributed by atoms with Crippen LogP contribution in [0.25, 0.3) is 0 Å². The van der Waals surface area contributed by atoms with Crippen LogP contribution in [0.5, 0.6) is 0 Å². The molecule has 70 valence electrons. The van der Waals surface area contributed by atoms with Gasteiger partial charge in [0, 0.05) is 18.3 Å². The highest BCUT2D eigenvalue weighted by atomic mass is 15.0. The largest absolute Gasteiger partial charge is 0.239 e. The lowest BCUT2D eigenvalue weighted by Gasteiger charge is -2.18. The third-order valence-electron chi connectivity index (χ3n) is 2.58. The van der Waals surface area contributed by atoms with Gasteiger partial charge in [0.05, 0.1) is 0 Å². The standard InChI is InChI=1S/C11H22N/c1-4-5-6-12-8-10(2)7-11(3)9-12/h8,10-11H,4-7,9H2,1-3H3/q+1. The molecular weight excluding hydrogens is 146 g/mol. The Morgan fingerprint density at radius 1 is 1.42 bits per heavy atom. The topological polar surface area (TPSA) is 3.01 Å². The molecule has 2 unspecified atom stereocenters. The van der Waals surface area contributed by atoms with Crippen molar-refractivity contribution in [3.05, 3.63) is 0 Å². The van der Waals surface area contributed by atoms with Gasteiger partial charge in [-0.2, -0.15) is 0 Å². The summed E-state index contributed by atoms with van der Waals surface area (Å²) in [4.78, 5) is 0. The van der Waals surface area contributed by atoms with Gasteiger partial charge in [-0.25, -0.2) is 4.58 Å². The van der Waals surface area contributed by atoms with E-state index in [0.29, 0.717) is 0 Å². The van der Waals surface area contributed by atoms with Crippen molar-refractivity contribution in [2.24, 2.45) is 11.8 Å². The normalized spacial score (nSPS) is 30.1. The first-order chi connectivity index (χ1) is 5.72. The highest BCUT2D eigenvalue weighted by Crippen LogP contribution is 2.15. The number of hydrogen-bond donors (Lipinski definition) is 0. The summed E-state index contributed by atoms with van der Waals surface area (Å²) in [6, 6.07) is 0. The molecule has 1 nitrogen and oxygen atoms in total. The lowest BCUT2D eigenvalue weighted by Crippen LogP contribution is -2.29. The molecule has 1 heteroatoms. The van der Waals surface area contributed by atoms with E-state index in [1.54, 1.807) is 0 Å². The third kappa shape index (κ3) is 2.96. The lowest BCUT2D eigenvalue weighted by molar-refractivity contribution is -0.537. The summed E-state index contributed by atoms with van der Waals surface area (Å²) in [5.41, 5.74) is 0. The molecule has 0 fully saturated rings. The molecule has 0 saturated heterocycles. The van der Waals surface area contributed by atoms with Crippen molar-refractivity contribution >= 4 is 6.21 Å². The Morgan fingerprint density at radius 3 is 2.75 bits per heavy atom. The van der Waals surface area contributed by atoms with E-state index in [2.05, 4.69) is 31.6 Å². The van der Waals surface area contributed by atoms with Crippen LogP contribution in [0.3, 0.4) is 0 Å². The molecule has 12 heavy (non-hydrogen) atoms. The summed E-state index contributed by atoms with van der Waals surface area (Å²) in [6.07, 6.45) is 6.46. The predicted molar refractivity (Wildman–Crippen MR) is 53.9 cm³/mol. The molecule has 0 saturated carbocycles. The molecule has 1 aliphatic rings. The summed E-state index contributed by atoms with van der Waals surface area (Å²) in [6.45, 7) is 9.50. The summed E-state index contributed by atoms with van der Waals surface area (Å²) in [5.74, 6) is 1.69. The fraction of sp³-hybridized carbons (Fsp3) is 0.909. The number of nitrogens with zero attached hydrogens (tertiary/aromatic N) is 1. The van der Waals surface area contributed by atoms with E-state index in [0.717, 1.165) is 11.8 Å². The van der Waals surface area contributed by atoms with Crippen LogP contribution in [0.1, 0.15) is 40.0 Å². The molecule has 0 aromatic rings. The maximum atomic E-state index is 2.52. The van der Waals surface area contributed by atoms with Crippen molar-refractivity contribution in [1.82, 2.24) is 0 Å². The van der Waals surface area contributed by atoms with E-state index >= 15 is 0 Å². The molecule has 1 heterocycles. The molecule has 0 amide bonds. The van der Waals surface area contributed by atoms with Gasteiger partial charge >= 0.3 is 0 Å². The Kier molecular flexibility index (Phi) is 3.77. The Balaban J connectivity index is 2.40. The minimum absolute atomic E-state index is 0.797.